The number of aliphatic imine (C=N–C) groups is 1. The maximum atomic E-state index is 4.64. The summed E-state index contributed by atoms with van der Waals surface area (Å²) in [5, 5.41) is 5.93. The van der Waals surface area contributed by atoms with Crippen molar-refractivity contribution in [2.75, 3.05) is 40.3 Å². The third-order valence-corrected chi connectivity index (χ3v) is 7.64. The standard InChI is InChI=1S/C22H34N6S/c1-17-8-11-27(15-19(17)28-12-9-24-16-28)22(23-2)25-14-18-6-4-10-26(3)21(18)20-7-5-13-29-20/h5,7,9,12-13,16-19,21H,4,6,8,10-11,14-15H2,1-3H3,(H,23,25). The lowest BCUT2D eigenvalue weighted by molar-refractivity contribution is 0.123. The van der Waals surface area contributed by atoms with Crippen LogP contribution in [0.5, 0.6) is 0 Å². The molecule has 4 rings (SSSR count). The summed E-state index contributed by atoms with van der Waals surface area (Å²) in [7, 11) is 4.18. The number of likely N-dealkylation sites (tertiary alicyclic amines) is 2. The van der Waals surface area contributed by atoms with Gasteiger partial charge < -0.3 is 14.8 Å². The van der Waals surface area contributed by atoms with Gasteiger partial charge in [-0.3, -0.25) is 9.89 Å². The summed E-state index contributed by atoms with van der Waals surface area (Å²) >= 11 is 1.89. The number of thiophene rings is 1. The molecule has 7 heteroatoms. The van der Waals surface area contributed by atoms with E-state index in [0.29, 0.717) is 23.9 Å². The summed E-state index contributed by atoms with van der Waals surface area (Å²) in [6.07, 6.45) is 9.63. The summed E-state index contributed by atoms with van der Waals surface area (Å²) in [4.78, 5) is 15.3. The van der Waals surface area contributed by atoms with Crippen LogP contribution in [0.1, 0.15) is 43.1 Å². The second-order valence-electron chi connectivity index (χ2n) is 8.56. The highest BCUT2D eigenvalue weighted by Gasteiger charge is 2.33. The van der Waals surface area contributed by atoms with E-state index < -0.39 is 0 Å². The number of imidazole rings is 1. The highest BCUT2D eigenvalue weighted by atomic mass is 32.1. The lowest BCUT2D eigenvalue weighted by Crippen LogP contribution is -2.51. The number of hydrogen-bond acceptors (Lipinski definition) is 4. The van der Waals surface area contributed by atoms with E-state index in [0.717, 1.165) is 25.6 Å². The van der Waals surface area contributed by atoms with Crippen LogP contribution < -0.4 is 5.32 Å². The average Bonchev–Trinajstić information content (AvgIpc) is 3.44. The predicted octanol–water partition coefficient (Wildman–Crippen LogP) is 3.49. The topological polar surface area (TPSA) is 48.7 Å². The van der Waals surface area contributed by atoms with Crippen LogP contribution in [0.2, 0.25) is 0 Å². The second-order valence-corrected chi connectivity index (χ2v) is 9.54. The van der Waals surface area contributed by atoms with Crippen molar-refractivity contribution in [1.29, 1.82) is 0 Å². The Morgan fingerprint density at radius 2 is 2.24 bits per heavy atom. The van der Waals surface area contributed by atoms with Crippen LogP contribution in [0.3, 0.4) is 0 Å². The fourth-order valence-corrected chi connectivity index (χ4v) is 6.02. The molecule has 2 aliphatic heterocycles. The third kappa shape index (κ3) is 4.51. The van der Waals surface area contributed by atoms with Gasteiger partial charge in [-0.15, -0.1) is 11.3 Å². The van der Waals surface area contributed by atoms with Gasteiger partial charge in [0.1, 0.15) is 0 Å². The summed E-state index contributed by atoms with van der Waals surface area (Å²) in [5.41, 5.74) is 0. The van der Waals surface area contributed by atoms with E-state index in [2.05, 4.69) is 67.3 Å². The normalized spacial score (nSPS) is 29.2. The highest BCUT2D eigenvalue weighted by molar-refractivity contribution is 7.10. The van der Waals surface area contributed by atoms with Gasteiger partial charge in [0.25, 0.3) is 0 Å². The van der Waals surface area contributed by atoms with Gasteiger partial charge in [-0.05, 0) is 56.1 Å². The van der Waals surface area contributed by atoms with E-state index in [9.17, 15) is 0 Å². The van der Waals surface area contributed by atoms with Gasteiger partial charge in [0.05, 0.1) is 12.4 Å². The maximum Gasteiger partial charge on any atom is 0.193 e. The molecule has 0 saturated carbocycles. The molecule has 29 heavy (non-hydrogen) atoms. The summed E-state index contributed by atoms with van der Waals surface area (Å²) < 4.78 is 2.26. The van der Waals surface area contributed by atoms with Gasteiger partial charge in [-0.2, -0.15) is 0 Å². The quantitative estimate of drug-likeness (QED) is 0.615. The van der Waals surface area contributed by atoms with Gasteiger partial charge in [-0.25, -0.2) is 4.98 Å². The van der Waals surface area contributed by atoms with Crippen molar-refractivity contribution in [3.63, 3.8) is 0 Å². The van der Waals surface area contributed by atoms with Crippen LogP contribution in [0.4, 0.5) is 0 Å². The minimum atomic E-state index is 0.449. The smallest absolute Gasteiger partial charge is 0.193 e. The lowest BCUT2D eigenvalue weighted by atomic mass is 9.88. The Bertz CT molecular complexity index is 771. The van der Waals surface area contributed by atoms with Crippen molar-refractivity contribution in [2.24, 2.45) is 16.8 Å². The molecule has 2 aliphatic rings. The van der Waals surface area contributed by atoms with Crippen LogP contribution in [-0.4, -0.2) is 65.6 Å². The molecule has 0 radical (unpaired) electrons. The number of rotatable bonds is 4. The van der Waals surface area contributed by atoms with Crippen LogP contribution in [-0.2, 0) is 0 Å². The van der Waals surface area contributed by atoms with Crippen LogP contribution in [0, 0.1) is 11.8 Å². The van der Waals surface area contributed by atoms with Gasteiger partial charge in [0.2, 0.25) is 0 Å². The molecule has 1 N–H and O–H groups in total. The lowest BCUT2D eigenvalue weighted by Gasteiger charge is -2.41. The molecule has 6 nitrogen and oxygen atoms in total. The first-order chi connectivity index (χ1) is 14.2. The Hall–Kier alpha value is -1.86. The first-order valence-corrected chi connectivity index (χ1v) is 11.7. The molecule has 4 unspecified atom stereocenters. The van der Waals surface area contributed by atoms with E-state index in [4.69, 9.17) is 0 Å². The molecule has 158 valence electrons. The van der Waals surface area contributed by atoms with Gasteiger partial charge in [0.15, 0.2) is 5.96 Å². The molecule has 0 aliphatic carbocycles. The third-order valence-electron chi connectivity index (χ3n) is 6.70. The molecule has 0 bridgehead atoms. The summed E-state index contributed by atoms with van der Waals surface area (Å²) in [6.45, 7) is 6.55. The Balaban J connectivity index is 1.41. The average molecular weight is 415 g/mol. The van der Waals surface area contributed by atoms with E-state index >= 15 is 0 Å². The van der Waals surface area contributed by atoms with Crippen LogP contribution in [0.15, 0.2) is 41.2 Å². The molecular weight excluding hydrogens is 380 g/mol. The number of aromatic nitrogens is 2. The first-order valence-electron chi connectivity index (χ1n) is 10.8. The maximum absolute atomic E-state index is 4.64. The highest BCUT2D eigenvalue weighted by Crippen LogP contribution is 2.37. The van der Waals surface area contributed by atoms with Crippen LogP contribution in [0.25, 0.3) is 0 Å². The number of hydrogen-bond donors (Lipinski definition) is 1. The van der Waals surface area contributed by atoms with Crippen LogP contribution >= 0.6 is 11.3 Å². The van der Waals surface area contributed by atoms with Crippen molar-refractivity contribution in [3.8, 4) is 0 Å². The van der Waals surface area contributed by atoms with Gasteiger partial charge >= 0.3 is 0 Å². The molecule has 4 atom stereocenters. The molecule has 2 aromatic rings. The van der Waals surface area contributed by atoms with Gasteiger partial charge in [-0.1, -0.05) is 13.0 Å². The number of nitrogens with zero attached hydrogens (tertiary/aromatic N) is 5. The van der Waals surface area contributed by atoms with E-state index in [1.807, 2.05) is 30.9 Å². The largest absolute Gasteiger partial charge is 0.356 e. The molecular formula is C22H34N6S. The minimum absolute atomic E-state index is 0.449. The monoisotopic (exact) mass is 414 g/mol. The SMILES string of the molecule is CN=C(NCC1CCCN(C)C1c1cccs1)N1CCC(C)C(n2ccnc2)C1. The molecule has 0 spiro atoms. The second kappa shape index (κ2) is 9.30. The first kappa shape index (κ1) is 20.4. The molecule has 0 amide bonds. The van der Waals surface area contributed by atoms with E-state index in [1.54, 1.807) is 0 Å². The van der Waals surface area contributed by atoms with E-state index in [-0.39, 0.29) is 0 Å². The van der Waals surface area contributed by atoms with Crippen molar-refractivity contribution in [2.45, 2.75) is 38.3 Å². The molecule has 2 aromatic heterocycles. The molecule has 2 saturated heterocycles. The molecule has 2 fully saturated rings. The number of nitrogens with one attached hydrogen (secondary N) is 1. The number of guanidine groups is 1. The predicted molar refractivity (Wildman–Crippen MR) is 120 cm³/mol. The van der Waals surface area contributed by atoms with E-state index in [1.165, 1.54) is 30.7 Å². The van der Waals surface area contributed by atoms with Crippen molar-refractivity contribution in [1.82, 2.24) is 24.7 Å². The van der Waals surface area contributed by atoms with Crippen molar-refractivity contribution < 1.29 is 0 Å². The zero-order valence-corrected chi connectivity index (χ0v) is 18.7. The molecule has 0 aromatic carbocycles. The fourth-order valence-electron chi connectivity index (χ4n) is 5.03. The molecule has 4 heterocycles. The number of piperidine rings is 2. The van der Waals surface area contributed by atoms with Crippen molar-refractivity contribution in [3.05, 3.63) is 41.1 Å². The Morgan fingerprint density at radius 1 is 1.34 bits per heavy atom. The summed E-state index contributed by atoms with van der Waals surface area (Å²) in [6, 6.07) is 5.43. The minimum Gasteiger partial charge on any atom is -0.356 e. The Morgan fingerprint density at radius 3 is 2.97 bits per heavy atom. The van der Waals surface area contributed by atoms with Crippen molar-refractivity contribution >= 4 is 17.3 Å². The fraction of sp³-hybridized carbons (Fsp3) is 0.636. The van der Waals surface area contributed by atoms with Gasteiger partial charge in [0, 0.05) is 50.0 Å². The zero-order valence-electron chi connectivity index (χ0n) is 17.9. The zero-order chi connectivity index (χ0) is 20.2. The Kier molecular flexibility index (Phi) is 6.55. The summed E-state index contributed by atoms with van der Waals surface area (Å²) in [5.74, 6) is 2.30. The Labute approximate surface area is 178 Å².